The lowest BCUT2D eigenvalue weighted by molar-refractivity contribution is 0.277. The number of sulfonamides is 1. The van der Waals surface area contributed by atoms with Gasteiger partial charge in [-0.05, 0) is 44.4 Å². The summed E-state index contributed by atoms with van der Waals surface area (Å²) in [6, 6.07) is -0.0432. The van der Waals surface area contributed by atoms with E-state index in [-0.39, 0.29) is 10.9 Å². The number of rotatable bonds is 5. The van der Waals surface area contributed by atoms with Crippen molar-refractivity contribution in [3.05, 3.63) is 24.5 Å². The van der Waals surface area contributed by atoms with Gasteiger partial charge in [-0.3, -0.25) is 4.68 Å². The van der Waals surface area contributed by atoms with Crippen LogP contribution >= 0.6 is 0 Å². The quantitative estimate of drug-likeness (QED) is 0.782. The van der Waals surface area contributed by atoms with Crippen LogP contribution in [0.3, 0.4) is 0 Å². The highest BCUT2D eigenvalue weighted by atomic mass is 32.2. The third-order valence-corrected chi connectivity index (χ3v) is 6.69. The molecule has 2 aliphatic rings. The third kappa shape index (κ3) is 2.66. The highest BCUT2D eigenvalue weighted by Crippen LogP contribution is 2.44. The first-order valence-corrected chi connectivity index (χ1v) is 9.00. The molecule has 1 heterocycles. The molecule has 0 spiro atoms. The number of hydrogen-bond acceptors (Lipinski definition) is 3. The molecule has 0 aliphatic heterocycles. The summed E-state index contributed by atoms with van der Waals surface area (Å²) in [4.78, 5) is 0.289. The second-order valence-corrected chi connectivity index (χ2v) is 8.45. The van der Waals surface area contributed by atoms with Gasteiger partial charge in [0.25, 0.3) is 0 Å². The van der Waals surface area contributed by atoms with Crippen LogP contribution in [0, 0.1) is 17.8 Å². The van der Waals surface area contributed by atoms with Crippen LogP contribution in [-0.2, 0) is 17.1 Å². The van der Waals surface area contributed by atoms with E-state index in [1.54, 1.807) is 17.5 Å². The van der Waals surface area contributed by atoms with Crippen molar-refractivity contribution in [3.63, 3.8) is 0 Å². The molecule has 0 radical (unpaired) electrons. The largest absolute Gasteiger partial charge is 0.274 e. The average Bonchev–Trinajstić information content (AvgIpc) is 3.10. The molecule has 3 atom stereocenters. The summed E-state index contributed by atoms with van der Waals surface area (Å²) in [6.45, 7) is 4.49. The van der Waals surface area contributed by atoms with E-state index in [1.807, 2.05) is 13.8 Å². The Morgan fingerprint density at radius 2 is 2.14 bits per heavy atom. The predicted molar refractivity (Wildman–Crippen MR) is 81.1 cm³/mol. The Morgan fingerprint density at radius 1 is 1.38 bits per heavy atom. The fraction of sp³-hybridized carbons (Fsp3) is 0.667. The van der Waals surface area contributed by atoms with Gasteiger partial charge in [0.15, 0.2) is 0 Å². The van der Waals surface area contributed by atoms with Crippen molar-refractivity contribution in [1.82, 2.24) is 14.1 Å². The highest BCUT2D eigenvalue weighted by Gasteiger charge is 2.39. The maximum absolute atomic E-state index is 12.8. The normalized spacial score (nSPS) is 28.1. The minimum absolute atomic E-state index is 0.0432. The zero-order chi connectivity index (χ0) is 15.2. The molecule has 2 aliphatic carbocycles. The second-order valence-electron chi connectivity index (χ2n) is 6.56. The SMILES string of the molecule is CC(C)N(C[C@@H]1C[C@H]2C=C[C@H]1C2)S(=O)(=O)c1cnn(C)c1. The van der Waals surface area contributed by atoms with Crippen molar-refractivity contribution in [2.75, 3.05) is 6.54 Å². The van der Waals surface area contributed by atoms with Crippen molar-refractivity contribution in [3.8, 4) is 0 Å². The Morgan fingerprint density at radius 3 is 2.62 bits per heavy atom. The van der Waals surface area contributed by atoms with Crippen LogP contribution in [0.2, 0.25) is 0 Å². The Bertz CT molecular complexity index is 648. The lowest BCUT2D eigenvalue weighted by Crippen LogP contribution is -2.41. The second kappa shape index (κ2) is 5.25. The summed E-state index contributed by atoms with van der Waals surface area (Å²) in [5.41, 5.74) is 0. The van der Waals surface area contributed by atoms with Crippen molar-refractivity contribution in [2.24, 2.45) is 24.8 Å². The number of allylic oxidation sites excluding steroid dienone is 2. The van der Waals surface area contributed by atoms with E-state index >= 15 is 0 Å². The number of hydrogen-bond donors (Lipinski definition) is 0. The van der Waals surface area contributed by atoms with E-state index in [1.165, 1.54) is 17.3 Å². The highest BCUT2D eigenvalue weighted by molar-refractivity contribution is 7.89. The van der Waals surface area contributed by atoms with E-state index in [4.69, 9.17) is 0 Å². The molecule has 1 fully saturated rings. The van der Waals surface area contributed by atoms with Crippen molar-refractivity contribution in [1.29, 1.82) is 0 Å². The van der Waals surface area contributed by atoms with Gasteiger partial charge in [0.05, 0.1) is 6.20 Å². The number of aromatic nitrogens is 2. The summed E-state index contributed by atoms with van der Waals surface area (Å²) >= 11 is 0. The fourth-order valence-electron chi connectivity index (χ4n) is 3.59. The van der Waals surface area contributed by atoms with Crippen LogP contribution < -0.4 is 0 Å². The van der Waals surface area contributed by atoms with E-state index in [0.717, 1.165) is 6.42 Å². The van der Waals surface area contributed by atoms with E-state index in [9.17, 15) is 8.42 Å². The van der Waals surface area contributed by atoms with Crippen LogP contribution in [-0.4, -0.2) is 35.1 Å². The molecular weight excluding hydrogens is 286 g/mol. The average molecular weight is 309 g/mol. The van der Waals surface area contributed by atoms with Crippen LogP contribution in [0.15, 0.2) is 29.4 Å². The smallest absolute Gasteiger partial charge is 0.246 e. The third-order valence-electron chi connectivity index (χ3n) is 4.69. The molecule has 0 aromatic carbocycles. The first-order chi connectivity index (χ1) is 9.88. The maximum atomic E-state index is 12.8. The minimum Gasteiger partial charge on any atom is -0.274 e. The predicted octanol–water partition coefficient (Wildman–Crippen LogP) is 2.03. The van der Waals surface area contributed by atoms with Gasteiger partial charge in [-0.15, -0.1) is 0 Å². The summed E-state index contributed by atoms with van der Waals surface area (Å²) in [5, 5.41) is 3.99. The molecule has 6 heteroatoms. The maximum Gasteiger partial charge on any atom is 0.246 e. The van der Waals surface area contributed by atoms with Gasteiger partial charge in [0, 0.05) is 25.8 Å². The van der Waals surface area contributed by atoms with Crippen LogP contribution in [0.5, 0.6) is 0 Å². The minimum atomic E-state index is -3.46. The van der Waals surface area contributed by atoms with Gasteiger partial charge in [-0.25, -0.2) is 8.42 Å². The lowest BCUT2D eigenvalue weighted by Gasteiger charge is -2.30. The van der Waals surface area contributed by atoms with Gasteiger partial charge in [-0.2, -0.15) is 9.40 Å². The lowest BCUT2D eigenvalue weighted by atomic mass is 9.93. The molecule has 2 bridgehead atoms. The molecule has 0 unspecified atom stereocenters. The molecule has 5 nitrogen and oxygen atoms in total. The van der Waals surface area contributed by atoms with Crippen molar-refractivity contribution in [2.45, 2.75) is 37.6 Å². The summed E-state index contributed by atoms with van der Waals surface area (Å²) in [7, 11) is -1.72. The van der Waals surface area contributed by atoms with Crippen LogP contribution in [0.1, 0.15) is 26.7 Å². The van der Waals surface area contributed by atoms with Crippen LogP contribution in [0.4, 0.5) is 0 Å². The Kier molecular flexibility index (Phi) is 3.69. The number of fused-ring (bicyclic) bond motifs is 2. The molecule has 116 valence electrons. The first kappa shape index (κ1) is 14.8. The zero-order valence-electron chi connectivity index (χ0n) is 12.8. The molecule has 21 heavy (non-hydrogen) atoms. The Balaban J connectivity index is 1.83. The molecule has 1 aromatic rings. The summed E-state index contributed by atoms with van der Waals surface area (Å²) < 4.78 is 28.8. The number of nitrogens with zero attached hydrogens (tertiary/aromatic N) is 3. The molecular formula is C15H23N3O2S. The molecule has 0 N–H and O–H groups in total. The van der Waals surface area contributed by atoms with E-state index in [0.29, 0.717) is 24.3 Å². The van der Waals surface area contributed by atoms with Gasteiger partial charge >= 0.3 is 0 Å². The van der Waals surface area contributed by atoms with Crippen molar-refractivity contribution < 1.29 is 8.42 Å². The summed E-state index contributed by atoms with van der Waals surface area (Å²) in [6.07, 6.45) is 9.89. The number of aryl methyl sites for hydroxylation is 1. The van der Waals surface area contributed by atoms with Gasteiger partial charge < -0.3 is 0 Å². The monoisotopic (exact) mass is 309 g/mol. The van der Waals surface area contributed by atoms with Gasteiger partial charge in [0.1, 0.15) is 4.90 Å². The molecule has 1 aromatic heterocycles. The molecule has 3 rings (SSSR count). The molecule has 0 saturated heterocycles. The van der Waals surface area contributed by atoms with Gasteiger partial charge in [-0.1, -0.05) is 12.2 Å². The first-order valence-electron chi connectivity index (χ1n) is 7.56. The topological polar surface area (TPSA) is 55.2 Å². The molecule has 1 saturated carbocycles. The Labute approximate surface area is 126 Å². The molecule has 0 amide bonds. The van der Waals surface area contributed by atoms with E-state index < -0.39 is 10.0 Å². The van der Waals surface area contributed by atoms with Gasteiger partial charge in [0.2, 0.25) is 10.0 Å². The zero-order valence-corrected chi connectivity index (χ0v) is 13.6. The summed E-state index contributed by atoms with van der Waals surface area (Å²) in [5.74, 6) is 1.67. The van der Waals surface area contributed by atoms with Crippen molar-refractivity contribution >= 4 is 10.0 Å². The fourth-order valence-corrected chi connectivity index (χ4v) is 5.27. The Hall–Kier alpha value is -1.14. The standard InChI is InChI=1S/C15H23N3O2S/c1-11(2)18(9-14-7-12-4-5-13(14)6-12)21(19,20)15-8-16-17(3)10-15/h4-5,8,10-14H,6-7,9H2,1-3H3/t12-,13-,14-/m0/s1. The van der Waals surface area contributed by atoms with E-state index in [2.05, 4.69) is 17.3 Å². The van der Waals surface area contributed by atoms with Crippen LogP contribution in [0.25, 0.3) is 0 Å².